The lowest BCUT2D eigenvalue weighted by Crippen LogP contribution is -1.92. The van der Waals surface area contributed by atoms with Crippen molar-refractivity contribution >= 4 is 33.7 Å². The predicted molar refractivity (Wildman–Crippen MR) is 102 cm³/mol. The summed E-state index contributed by atoms with van der Waals surface area (Å²) in [7, 11) is 3.76. The Hall–Kier alpha value is -2.46. The molecule has 4 heteroatoms. The Kier molecular flexibility index (Phi) is 3.69. The molecule has 0 spiro atoms. The van der Waals surface area contributed by atoms with Crippen molar-refractivity contribution < 1.29 is 4.74 Å². The number of pyridine rings is 1. The second kappa shape index (κ2) is 5.87. The maximum Gasteiger partial charge on any atom is 0.141 e. The van der Waals surface area contributed by atoms with Crippen LogP contribution in [0, 0.1) is 0 Å². The van der Waals surface area contributed by atoms with Crippen molar-refractivity contribution in [3.05, 3.63) is 54.7 Å². The average molecular weight is 334 g/mol. The summed E-state index contributed by atoms with van der Waals surface area (Å²) in [6.07, 6.45) is 4.11. The number of benzene rings is 2. The molecule has 0 atom stereocenters. The first kappa shape index (κ1) is 15.1. The van der Waals surface area contributed by atoms with Crippen LogP contribution >= 0.6 is 11.8 Å². The van der Waals surface area contributed by atoms with Gasteiger partial charge in [-0.3, -0.25) is 0 Å². The lowest BCUT2D eigenvalue weighted by atomic mass is 10.1. The maximum atomic E-state index is 5.27. The van der Waals surface area contributed by atoms with E-state index in [2.05, 4.69) is 54.3 Å². The number of methoxy groups -OCH3 is 1. The van der Waals surface area contributed by atoms with Crippen LogP contribution < -0.4 is 4.74 Å². The average Bonchev–Trinajstić information content (AvgIpc) is 2.94. The number of ether oxygens (including phenoxy) is 1. The van der Waals surface area contributed by atoms with Gasteiger partial charge in [-0.2, -0.15) is 0 Å². The van der Waals surface area contributed by atoms with Crippen molar-refractivity contribution in [2.75, 3.05) is 13.4 Å². The van der Waals surface area contributed by atoms with Crippen molar-refractivity contribution in [1.29, 1.82) is 0 Å². The molecule has 3 nitrogen and oxygen atoms in total. The fourth-order valence-electron chi connectivity index (χ4n) is 3.26. The number of aromatic nitrogens is 2. The molecule has 0 saturated heterocycles. The zero-order valence-electron chi connectivity index (χ0n) is 13.9. The van der Waals surface area contributed by atoms with Crippen LogP contribution in [0.4, 0.5) is 0 Å². The molecule has 24 heavy (non-hydrogen) atoms. The molecule has 4 rings (SSSR count). The standard InChI is InChI=1S/C20H18N2OS/c1-22-17-7-5-4-6-15(17)18-19(24-3)16(12-21-20(18)22)13-8-10-14(23-2)11-9-13/h4-12H,1-3H3. The summed E-state index contributed by atoms with van der Waals surface area (Å²) >= 11 is 1.77. The Labute approximate surface area is 145 Å². The van der Waals surface area contributed by atoms with Crippen molar-refractivity contribution in [3.63, 3.8) is 0 Å². The van der Waals surface area contributed by atoms with Gasteiger partial charge < -0.3 is 9.30 Å². The summed E-state index contributed by atoms with van der Waals surface area (Å²) in [5, 5.41) is 2.48. The first-order valence-electron chi connectivity index (χ1n) is 7.79. The normalized spacial score (nSPS) is 11.3. The monoisotopic (exact) mass is 334 g/mol. The lowest BCUT2D eigenvalue weighted by molar-refractivity contribution is 0.415. The van der Waals surface area contributed by atoms with Crippen molar-refractivity contribution in [3.8, 4) is 16.9 Å². The van der Waals surface area contributed by atoms with Crippen LogP contribution in [0.15, 0.2) is 59.6 Å². The second-order valence-electron chi connectivity index (χ2n) is 5.71. The molecule has 0 radical (unpaired) electrons. The fraction of sp³-hybridized carbons (Fsp3) is 0.150. The van der Waals surface area contributed by atoms with E-state index in [1.807, 2.05) is 18.3 Å². The molecule has 0 bridgehead atoms. The second-order valence-corrected chi connectivity index (χ2v) is 6.52. The van der Waals surface area contributed by atoms with Gasteiger partial charge >= 0.3 is 0 Å². The van der Waals surface area contributed by atoms with Crippen molar-refractivity contribution in [2.45, 2.75) is 4.90 Å². The minimum absolute atomic E-state index is 0.864. The molecule has 2 aromatic heterocycles. The number of aryl methyl sites for hydroxylation is 1. The van der Waals surface area contributed by atoms with Gasteiger partial charge in [0.2, 0.25) is 0 Å². The summed E-state index contributed by atoms with van der Waals surface area (Å²) in [4.78, 5) is 6.03. The summed E-state index contributed by atoms with van der Waals surface area (Å²) in [5.41, 5.74) is 4.55. The predicted octanol–water partition coefficient (Wildman–Crippen LogP) is 5.12. The van der Waals surface area contributed by atoms with Crippen LogP contribution in [0.1, 0.15) is 0 Å². The molecule has 0 N–H and O–H groups in total. The number of thioether (sulfide) groups is 1. The van der Waals surface area contributed by atoms with Gasteiger partial charge in [0.1, 0.15) is 11.4 Å². The van der Waals surface area contributed by atoms with E-state index in [4.69, 9.17) is 9.72 Å². The third-order valence-corrected chi connectivity index (χ3v) is 5.30. The molecule has 4 aromatic rings. The third kappa shape index (κ3) is 2.18. The van der Waals surface area contributed by atoms with Crippen molar-refractivity contribution in [2.24, 2.45) is 7.05 Å². The Morgan fingerprint density at radius 1 is 1.04 bits per heavy atom. The van der Waals surface area contributed by atoms with Gasteiger partial charge in [0.05, 0.1) is 12.6 Å². The number of hydrogen-bond acceptors (Lipinski definition) is 3. The Morgan fingerprint density at radius 2 is 1.79 bits per heavy atom. The molecular weight excluding hydrogens is 316 g/mol. The minimum Gasteiger partial charge on any atom is -0.497 e. The van der Waals surface area contributed by atoms with Gasteiger partial charge in [-0.25, -0.2) is 4.98 Å². The van der Waals surface area contributed by atoms with Crippen LogP contribution in [0.5, 0.6) is 5.75 Å². The molecular formula is C20H18N2OS. The molecule has 0 aliphatic rings. The van der Waals surface area contributed by atoms with E-state index in [1.54, 1.807) is 18.9 Å². The molecule has 0 unspecified atom stereocenters. The van der Waals surface area contributed by atoms with Gasteiger partial charge in [0, 0.05) is 34.5 Å². The van der Waals surface area contributed by atoms with Crippen LogP contribution in [0.25, 0.3) is 33.1 Å². The van der Waals surface area contributed by atoms with E-state index in [1.165, 1.54) is 21.2 Å². The Morgan fingerprint density at radius 3 is 2.50 bits per heavy atom. The van der Waals surface area contributed by atoms with E-state index in [9.17, 15) is 0 Å². The zero-order valence-corrected chi connectivity index (χ0v) is 14.7. The smallest absolute Gasteiger partial charge is 0.141 e. The number of hydrogen-bond donors (Lipinski definition) is 0. The molecule has 120 valence electrons. The Balaban J connectivity index is 2.05. The molecule has 0 amide bonds. The Bertz CT molecular complexity index is 1040. The summed E-state index contributed by atoms with van der Waals surface area (Å²) in [6.45, 7) is 0. The number of fused-ring (bicyclic) bond motifs is 3. The van der Waals surface area contributed by atoms with E-state index in [0.29, 0.717) is 0 Å². The van der Waals surface area contributed by atoms with Gasteiger partial charge in [-0.1, -0.05) is 30.3 Å². The number of rotatable bonds is 3. The highest BCUT2D eigenvalue weighted by atomic mass is 32.2. The largest absolute Gasteiger partial charge is 0.497 e. The summed E-state index contributed by atoms with van der Waals surface area (Å²) in [6, 6.07) is 16.7. The van der Waals surface area contributed by atoms with Crippen LogP contribution in [-0.4, -0.2) is 22.9 Å². The van der Waals surface area contributed by atoms with Crippen LogP contribution in [0.2, 0.25) is 0 Å². The maximum absolute atomic E-state index is 5.27. The first-order valence-corrected chi connectivity index (χ1v) is 9.01. The summed E-state index contributed by atoms with van der Waals surface area (Å²) < 4.78 is 7.44. The van der Waals surface area contributed by atoms with Crippen LogP contribution in [-0.2, 0) is 7.05 Å². The first-order chi connectivity index (χ1) is 11.7. The molecule has 0 aliphatic heterocycles. The van der Waals surface area contributed by atoms with E-state index in [0.717, 1.165) is 22.5 Å². The highest BCUT2D eigenvalue weighted by molar-refractivity contribution is 7.99. The van der Waals surface area contributed by atoms with E-state index in [-0.39, 0.29) is 0 Å². The quantitative estimate of drug-likeness (QED) is 0.486. The zero-order chi connectivity index (χ0) is 16.7. The lowest BCUT2D eigenvalue weighted by Gasteiger charge is -2.10. The van der Waals surface area contributed by atoms with E-state index >= 15 is 0 Å². The fourth-order valence-corrected chi connectivity index (χ4v) is 4.06. The third-order valence-electron chi connectivity index (χ3n) is 4.47. The van der Waals surface area contributed by atoms with Gasteiger partial charge in [-0.05, 0) is 30.0 Å². The van der Waals surface area contributed by atoms with Gasteiger partial charge in [0.25, 0.3) is 0 Å². The number of nitrogens with zero attached hydrogens (tertiary/aromatic N) is 2. The number of para-hydroxylation sites is 1. The molecule has 0 fully saturated rings. The van der Waals surface area contributed by atoms with Crippen molar-refractivity contribution in [1.82, 2.24) is 9.55 Å². The highest BCUT2D eigenvalue weighted by Gasteiger charge is 2.16. The van der Waals surface area contributed by atoms with Gasteiger partial charge in [0.15, 0.2) is 0 Å². The topological polar surface area (TPSA) is 27.1 Å². The summed E-state index contributed by atoms with van der Waals surface area (Å²) in [5.74, 6) is 0.864. The molecule has 2 heterocycles. The minimum atomic E-state index is 0.864. The molecule has 0 aliphatic carbocycles. The van der Waals surface area contributed by atoms with E-state index < -0.39 is 0 Å². The molecule has 0 saturated carbocycles. The highest BCUT2D eigenvalue weighted by Crippen LogP contribution is 2.40. The SMILES string of the molecule is COc1ccc(-c2cnc3c(c2SC)c2ccccc2n3C)cc1. The molecule has 2 aromatic carbocycles. The van der Waals surface area contributed by atoms with Gasteiger partial charge in [-0.15, -0.1) is 11.8 Å². The van der Waals surface area contributed by atoms with Crippen LogP contribution in [0.3, 0.4) is 0 Å².